The lowest BCUT2D eigenvalue weighted by Gasteiger charge is -2.30. The quantitative estimate of drug-likeness (QED) is 0.137. The number of alkyl carbamates (subject to hydrolysis) is 1. The third kappa shape index (κ3) is 9.30. The van der Waals surface area contributed by atoms with Gasteiger partial charge in [0, 0.05) is 22.5 Å². The van der Waals surface area contributed by atoms with E-state index in [0.29, 0.717) is 45.5 Å². The van der Waals surface area contributed by atoms with Crippen LogP contribution < -0.4 is 34.9 Å². The zero-order valence-electron chi connectivity index (χ0n) is 32.0. The Balaban J connectivity index is 0.000000212. The molecule has 12 heteroatoms. The molecule has 55 heavy (non-hydrogen) atoms. The lowest BCUT2D eigenvalue weighted by Crippen LogP contribution is -2.43. The molecule has 288 valence electrons. The normalized spacial score (nSPS) is 14.9. The zero-order valence-corrected chi connectivity index (χ0v) is 32.0. The SMILES string of the molecule is COC(=O)NC1(c2ccc(NC(=O)c3ccc(OC)c(OC)c3)cc2)CCCC1.COc1ccc(C(=O)Nc2cccc(C3(C#N)CCCC3)c2)cc1OC. The van der Waals surface area contributed by atoms with Gasteiger partial charge >= 0.3 is 6.09 Å². The Hall–Kier alpha value is -6.22. The van der Waals surface area contributed by atoms with Gasteiger partial charge < -0.3 is 39.6 Å². The van der Waals surface area contributed by atoms with E-state index in [1.807, 2.05) is 48.5 Å². The van der Waals surface area contributed by atoms with Gasteiger partial charge in [0.25, 0.3) is 11.8 Å². The first-order valence-electron chi connectivity index (χ1n) is 18.2. The van der Waals surface area contributed by atoms with Gasteiger partial charge in [-0.2, -0.15) is 5.26 Å². The van der Waals surface area contributed by atoms with Gasteiger partial charge in [0.15, 0.2) is 23.0 Å². The first-order valence-corrected chi connectivity index (χ1v) is 18.2. The standard InChI is InChI=1S/C22H26N2O5.C21H22N2O3/c1-27-18-11-6-15(14-19(18)28-2)20(25)23-17-9-7-16(8-10-17)22(12-4-5-13-22)24-21(26)29-3;1-25-18-9-8-15(12-19(18)26-2)20(24)23-17-7-5-6-16(13-17)21(14-22)10-3-4-11-21/h6-11,14H,4-5,12-13H2,1-3H3,(H,23,25)(H,24,26);5-9,12-13H,3-4,10-11H2,1-2H3,(H,23,24). The molecule has 4 aromatic carbocycles. The summed E-state index contributed by atoms with van der Waals surface area (Å²) < 4.78 is 25.7. The number of amides is 3. The van der Waals surface area contributed by atoms with Crippen LogP contribution in [0.1, 0.15) is 83.2 Å². The Kier molecular flexibility index (Phi) is 13.2. The summed E-state index contributed by atoms with van der Waals surface area (Å²) in [5.41, 5.74) is 3.43. The predicted molar refractivity (Wildman–Crippen MR) is 209 cm³/mol. The molecule has 0 unspecified atom stereocenters. The lowest BCUT2D eigenvalue weighted by atomic mass is 9.80. The highest BCUT2D eigenvalue weighted by atomic mass is 16.5. The maximum absolute atomic E-state index is 12.6. The van der Waals surface area contributed by atoms with Gasteiger partial charge in [-0.25, -0.2) is 4.79 Å². The van der Waals surface area contributed by atoms with Crippen molar-refractivity contribution in [2.45, 2.75) is 62.3 Å². The molecule has 2 aliphatic rings. The largest absolute Gasteiger partial charge is 0.493 e. The van der Waals surface area contributed by atoms with Crippen LogP contribution in [0.25, 0.3) is 0 Å². The van der Waals surface area contributed by atoms with Crippen molar-refractivity contribution in [3.8, 4) is 29.1 Å². The van der Waals surface area contributed by atoms with E-state index < -0.39 is 17.0 Å². The fraction of sp³-hybridized carbons (Fsp3) is 0.349. The van der Waals surface area contributed by atoms with Crippen LogP contribution in [0, 0.1) is 11.3 Å². The summed E-state index contributed by atoms with van der Waals surface area (Å²) in [4.78, 5) is 37.0. The van der Waals surface area contributed by atoms with Crippen LogP contribution in [0.15, 0.2) is 84.9 Å². The monoisotopic (exact) mass is 748 g/mol. The van der Waals surface area contributed by atoms with Crippen molar-refractivity contribution in [2.75, 3.05) is 46.2 Å². The van der Waals surface area contributed by atoms with E-state index in [0.717, 1.165) is 62.5 Å². The molecule has 0 spiro atoms. The van der Waals surface area contributed by atoms with Crippen molar-refractivity contribution in [2.24, 2.45) is 0 Å². The molecule has 0 atom stereocenters. The number of carbonyl (C=O) groups is 3. The summed E-state index contributed by atoms with van der Waals surface area (Å²) in [7, 11) is 7.53. The van der Waals surface area contributed by atoms with Crippen molar-refractivity contribution in [3.63, 3.8) is 0 Å². The number of anilines is 2. The number of rotatable bonds is 11. The number of hydrogen-bond acceptors (Lipinski definition) is 9. The molecule has 0 heterocycles. The maximum Gasteiger partial charge on any atom is 0.407 e. The summed E-state index contributed by atoms with van der Waals surface area (Å²) in [5.74, 6) is 1.65. The molecule has 0 aromatic heterocycles. The van der Waals surface area contributed by atoms with Crippen LogP contribution in [-0.4, -0.2) is 53.5 Å². The van der Waals surface area contributed by atoms with Crippen LogP contribution in [0.4, 0.5) is 16.2 Å². The van der Waals surface area contributed by atoms with Gasteiger partial charge in [-0.3, -0.25) is 9.59 Å². The molecule has 3 amide bonds. The number of methoxy groups -OCH3 is 5. The molecule has 0 bridgehead atoms. The average Bonchev–Trinajstić information content (AvgIpc) is 3.92. The highest BCUT2D eigenvalue weighted by Crippen LogP contribution is 2.42. The van der Waals surface area contributed by atoms with Gasteiger partial charge in [0.05, 0.1) is 52.6 Å². The number of nitrogens with one attached hydrogen (secondary N) is 3. The van der Waals surface area contributed by atoms with E-state index in [1.165, 1.54) is 21.3 Å². The Labute approximate surface area is 322 Å². The molecule has 4 aromatic rings. The molecule has 2 saturated carbocycles. The smallest absolute Gasteiger partial charge is 0.407 e. The Bertz CT molecular complexity index is 2010. The summed E-state index contributed by atoms with van der Waals surface area (Å²) in [6.07, 6.45) is 7.25. The van der Waals surface area contributed by atoms with Gasteiger partial charge in [0.2, 0.25) is 0 Å². The molecule has 0 saturated heterocycles. The number of nitrogens with zero attached hydrogens (tertiary/aromatic N) is 1. The van der Waals surface area contributed by atoms with E-state index in [1.54, 1.807) is 50.6 Å². The maximum atomic E-state index is 12.6. The Morgan fingerprint density at radius 1 is 0.582 bits per heavy atom. The van der Waals surface area contributed by atoms with Crippen LogP contribution in [-0.2, 0) is 15.7 Å². The molecule has 2 aliphatic carbocycles. The van der Waals surface area contributed by atoms with Crippen LogP contribution in [0.5, 0.6) is 23.0 Å². The first-order chi connectivity index (χ1) is 26.6. The van der Waals surface area contributed by atoms with Gasteiger partial charge in [0.1, 0.15) is 0 Å². The second-order valence-electron chi connectivity index (χ2n) is 13.5. The summed E-state index contributed by atoms with van der Waals surface area (Å²) in [6, 6.07) is 27.7. The fourth-order valence-electron chi connectivity index (χ4n) is 7.28. The molecule has 2 fully saturated rings. The van der Waals surface area contributed by atoms with Gasteiger partial charge in [-0.1, -0.05) is 49.9 Å². The van der Waals surface area contributed by atoms with Crippen molar-refractivity contribution in [3.05, 3.63) is 107 Å². The number of nitriles is 1. The molecule has 12 nitrogen and oxygen atoms in total. The molecular formula is C43H48N4O8. The summed E-state index contributed by atoms with van der Waals surface area (Å²) in [5, 5.41) is 18.4. The van der Waals surface area contributed by atoms with Crippen LogP contribution in [0.3, 0.4) is 0 Å². The third-order valence-electron chi connectivity index (χ3n) is 10.3. The van der Waals surface area contributed by atoms with Gasteiger partial charge in [-0.15, -0.1) is 0 Å². The third-order valence-corrected chi connectivity index (χ3v) is 10.3. The highest BCUT2D eigenvalue weighted by molar-refractivity contribution is 6.05. The Morgan fingerprint density at radius 3 is 1.58 bits per heavy atom. The van der Waals surface area contributed by atoms with Crippen LogP contribution >= 0.6 is 0 Å². The predicted octanol–water partition coefficient (Wildman–Crippen LogP) is 8.37. The van der Waals surface area contributed by atoms with E-state index in [2.05, 4.69) is 22.0 Å². The van der Waals surface area contributed by atoms with Gasteiger partial charge in [-0.05, 0) is 97.5 Å². The minimum atomic E-state index is -0.433. The molecule has 6 rings (SSSR count). The van der Waals surface area contributed by atoms with Crippen molar-refractivity contribution >= 4 is 29.3 Å². The van der Waals surface area contributed by atoms with Crippen molar-refractivity contribution in [1.29, 1.82) is 5.26 Å². The van der Waals surface area contributed by atoms with Crippen molar-refractivity contribution < 1.29 is 38.1 Å². The number of hydrogen-bond donors (Lipinski definition) is 3. The van der Waals surface area contributed by atoms with Crippen LogP contribution in [0.2, 0.25) is 0 Å². The lowest BCUT2D eigenvalue weighted by molar-refractivity contribution is 0.101. The fourth-order valence-corrected chi connectivity index (χ4v) is 7.28. The molecule has 0 radical (unpaired) electrons. The van der Waals surface area contributed by atoms with Crippen molar-refractivity contribution in [1.82, 2.24) is 5.32 Å². The second-order valence-corrected chi connectivity index (χ2v) is 13.5. The molecule has 0 aliphatic heterocycles. The highest BCUT2D eigenvalue weighted by Gasteiger charge is 2.38. The number of carbonyl (C=O) groups excluding carboxylic acids is 3. The van der Waals surface area contributed by atoms with E-state index >= 15 is 0 Å². The van der Waals surface area contributed by atoms with E-state index in [9.17, 15) is 19.6 Å². The minimum Gasteiger partial charge on any atom is -0.493 e. The van der Waals surface area contributed by atoms with E-state index in [-0.39, 0.29) is 11.8 Å². The minimum absolute atomic E-state index is 0.236. The summed E-state index contributed by atoms with van der Waals surface area (Å²) in [6.45, 7) is 0. The van der Waals surface area contributed by atoms with E-state index in [4.69, 9.17) is 23.7 Å². The first kappa shape index (κ1) is 40.0. The zero-order chi connectivity index (χ0) is 39.4. The Morgan fingerprint density at radius 2 is 1.09 bits per heavy atom. The second kappa shape index (κ2) is 18.2. The number of ether oxygens (including phenoxy) is 5. The molecular weight excluding hydrogens is 700 g/mol. The average molecular weight is 749 g/mol. The molecule has 3 N–H and O–H groups in total. The number of benzene rings is 4. The summed E-state index contributed by atoms with van der Waals surface area (Å²) >= 11 is 0. The topological polar surface area (TPSA) is 157 Å².